The Hall–Kier alpha value is -0.812. The Balaban J connectivity index is 0.000000900. The van der Waals surface area contributed by atoms with Crippen LogP contribution in [0.5, 0.6) is 0 Å². The van der Waals surface area contributed by atoms with Crippen molar-refractivity contribution in [3.63, 3.8) is 0 Å². The molecule has 2 fully saturated rings. The number of hydrogen-bond acceptors (Lipinski definition) is 0. The van der Waals surface area contributed by atoms with Gasteiger partial charge in [0.1, 0.15) is 0 Å². The monoisotopic (exact) mass is 696 g/mol. The number of allylic oxidation sites excluding steroid dienone is 4. The molecule has 2 unspecified atom stereocenters. The molecule has 2 aliphatic carbocycles. The zero-order chi connectivity index (χ0) is 25.9. The van der Waals surface area contributed by atoms with Crippen molar-refractivity contribution >= 4 is 23.4 Å². The van der Waals surface area contributed by atoms with Crippen LogP contribution in [0.2, 0.25) is 0 Å². The van der Waals surface area contributed by atoms with Crippen molar-refractivity contribution in [1.82, 2.24) is 0 Å². The fourth-order valence-corrected chi connectivity index (χ4v) is 14.9. The normalized spacial score (nSPS) is 26.1. The maximum atomic E-state index is 9.67. The van der Waals surface area contributed by atoms with Crippen LogP contribution in [-0.4, -0.2) is 43.5 Å². The van der Waals surface area contributed by atoms with E-state index in [-0.39, 0.29) is 54.9 Å². The summed E-state index contributed by atoms with van der Waals surface area (Å²) in [5.74, 6) is 1.62. The molecule has 2 aromatic carbocycles. The van der Waals surface area contributed by atoms with Gasteiger partial charge in [-0.15, -0.1) is 0 Å². The van der Waals surface area contributed by atoms with Crippen LogP contribution in [0.3, 0.4) is 0 Å². The van der Waals surface area contributed by atoms with E-state index in [1.54, 1.807) is 35.8 Å². The van der Waals surface area contributed by atoms with Gasteiger partial charge in [-0.1, -0.05) is 85.0 Å². The molecular formula is C33H48BF4P2Rh+2. The molecule has 8 heteroatoms. The molecule has 0 amide bonds. The molecule has 2 aliphatic heterocycles. The third-order valence-corrected chi connectivity index (χ3v) is 16.0. The molecule has 4 aliphatic rings. The second kappa shape index (κ2) is 21.8. The van der Waals surface area contributed by atoms with Crippen LogP contribution in [0.4, 0.5) is 12.9 Å². The van der Waals surface area contributed by atoms with Gasteiger partial charge in [0, 0.05) is 28.7 Å². The predicted molar refractivity (Wildman–Crippen MR) is 174 cm³/mol. The van der Waals surface area contributed by atoms with Crippen molar-refractivity contribution in [2.24, 2.45) is 11.8 Å². The SMILES string of the molecule is C1=CC2C=CC1C2.FB(F)F.[CH3-].[CH3-].[F-].[Rh+3].c1ccc(C[C@H]2CCC[PH+]2CC[PH+]2CCC[C@@H]2Cc2ccccc2)cc1. The zero-order valence-electron chi connectivity index (χ0n) is 24.6. The van der Waals surface area contributed by atoms with Gasteiger partial charge >= 0.3 is 27.0 Å². The standard InChI is InChI=1S/C24H32P2.C7H8.2CH3.BF3.FH.Rh/c1-3-9-21(10-4-1)19-23-13-7-15-25(23)17-18-26-16-8-14-24(26)20-22-11-5-2-6-12-22;1-2-7-4-3-6(1)5-7;;;2-1(3)4;;/h1-6,9-12,23-24H,7-8,13-20H2;1-4,6-7H,5H2;2*1H3;;1H;/q;;2*-1;;;+3/p+1/t23-,24-,25?,26?;;;;;;/m1....../s1. The van der Waals surface area contributed by atoms with Gasteiger partial charge in [-0.2, -0.15) is 0 Å². The minimum Gasteiger partial charge on any atom is -1.00 e. The Morgan fingerprint density at radius 1 is 0.634 bits per heavy atom. The topological polar surface area (TPSA) is 0 Å². The molecule has 0 radical (unpaired) electrons. The fraction of sp³-hybridized carbons (Fsp3) is 0.455. The molecule has 2 heterocycles. The first-order valence-electron chi connectivity index (χ1n) is 14.1. The van der Waals surface area contributed by atoms with E-state index >= 15 is 0 Å². The smallest absolute Gasteiger partial charge is 1.00 e. The number of rotatable bonds is 7. The van der Waals surface area contributed by atoms with Crippen molar-refractivity contribution in [3.8, 4) is 0 Å². The summed E-state index contributed by atoms with van der Waals surface area (Å²) in [6, 6.07) is 22.6. The van der Waals surface area contributed by atoms with Crippen molar-refractivity contribution in [3.05, 3.63) is 111 Å². The Bertz CT molecular complexity index is 889. The molecule has 0 saturated carbocycles. The van der Waals surface area contributed by atoms with Crippen LogP contribution < -0.4 is 4.70 Å². The van der Waals surface area contributed by atoms with Crippen LogP contribution in [0.25, 0.3) is 0 Å². The second-order valence-corrected chi connectivity index (χ2v) is 17.2. The van der Waals surface area contributed by atoms with Gasteiger partial charge in [0.2, 0.25) is 0 Å². The van der Waals surface area contributed by atoms with E-state index in [4.69, 9.17) is 0 Å². The summed E-state index contributed by atoms with van der Waals surface area (Å²) >= 11 is 0. The van der Waals surface area contributed by atoms with Crippen molar-refractivity contribution in [1.29, 1.82) is 0 Å². The number of benzene rings is 2. The summed E-state index contributed by atoms with van der Waals surface area (Å²) in [6.45, 7) is 0. The molecule has 6 rings (SSSR count). The molecule has 2 bridgehead atoms. The van der Waals surface area contributed by atoms with Gasteiger partial charge < -0.3 is 19.6 Å². The van der Waals surface area contributed by atoms with Crippen molar-refractivity contribution in [2.75, 3.05) is 24.6 Å². The molecule has 228 valence electrons. The van der Waals surface area contributed by atoms with E-state index in [1.165, 1.54) is 44.9 Å². The summed E-state index contributed by atoms with van der Waals surface area (Å²) in [4.78, 5) is 0. The maximum absolute atomic E-state index is 9.67. The minimum atomic E-state index is -3.67. The van der Waals surface area contributed by atoms with Crippen LogP contribution in [0.15, 0.2) is 85.0 Å². The first-order valence-corrected chi connectivity index (χ1v) is 18.1. The fourth-order valence-electron chi connectivity index (χ4n) is 6.56. The molecule has 0 spiro atoms. The molecule has 41 heavy (non-hydrogen) atoms. The Labute approximate surface area is 263 Å². The summed E-state index contributed by atoms with van der Waals surface area (Å²) < 4.78 is 29.0. The predicted octanol–water partition coefficient (Wildman–Crippen LogP) is 6.76. The van der Waals surface area contributed by atoms with Gasteiger partial charge in [-0.25, -0.2) is 0 Å². The molecule has 2 aromatic rings. The number of halogens is 4. The summed E-state index contributed by atoms with van der Waals surface area (Å²) in [7, 11) is -3.88. The minimum absolute atomic E-state index is 0. The second-order valence-electron chi connectivity index (χ2n) is 11.0. The quantitative estimate of drug-likeness (QED) is 0.0989. The van der Waals surface area contributed by atoms with Gasteiger partial charge in [0.25, 0.3) is 0 Å². The Morgan fingerprint density at radius 2 is 0.976 bits per heavy atom. The third kappa shape index (κ3) is 14.0. The molecule has 0 N–H and O–H groups in total. The van der Waals surface area contributed by atoms with Crippen LogP contribution >= 0.6 is 15.8 Å². The third-order valence-electron chi connectivity index (χ3n) is 8.43. The van der Waals surface area contributed by atoms with Gasteiger partial charge in [0.15, 0.2) is 0 Å². The van der Waals surface area contributed by atoms with E-state index in [1.807, 2.05) is 0 Å². The first kappa shape index (κ1) is 40.2. The van der Waals surface area contributed by atoms with E-state index in [0.717, 1.165) is 23.2 Å². The summed E-state index contributed by atoms with van der Waals surface area (Å²) in [5.41, 5.74) is 5.27. The number of hydrogen-bond donors (Lipinski definition) is 0. The molecule has 2 saturated heterocycles. The van der Waals surface area contributed by atoms with E-state index in [0.29, 0.717) is 0 Å². The average Bonchev–Trinajstić information content (AvgIpc) is 3.71. The molecule has 0 aromatic heterocycles. The largest absolute Gasteiger partial charge is 3.00 e. The first-order chi connectivity index (χ1) is 18.1. The van der Waals surface area contributed by atoms with Crippen LogP contribution in [0, 0.1) is 26.7 Å². The van der Waals surface area contributed by atoms with E-state index in [9.17, 15) is 12.9 Å². The van der Waals surface area contributed by atoms with E-state index in [2.05, 4.69) is 85.0 Å². The Kier molecular flexibility index (Phi) is 21.4. The van der Waals surface area contributed by atoms with E-state index < -0.39 is 7.54 Å². The Morgan fingerprint density at radius 3 is 1.27 bits per heavy atom. The number of fused-ring (bicyclic) bond motifs is 2. The average molecular weight is 696 g/mol. The summed E-state index contributed by atoms with van der Waals surface area (Å²) in [5, 5.41) is 0. The van der Waals surface area contributed by atoms with Gasteiger partial charge in [0.05, 0.1) is 36.0 Å². The summed E-state index contributed by atoms with van der Waals surface area (Å²) in [6.07, 6.45) is 25.8. The zero-order valence-corrected chi connectivity index (χ0v) is 28.2. The van der Waals surface area contributed by atoms with Gasteiger partial charge in [-0.3, -0.25) is 12.9 Å². The van der Waals surface area contributed by atoms with Gasteiger partial charge in [-0.05, 0) is 55.1 Å². The molecule has 4 atom stereocenters. The van der Waals surface area contributed by atoms with Crippen LogP contribution in [0.1, 0.15) is 43.2 Å². The molecule has 0 nitrogen and oxygen atoms in total. The van der Waals surface area contributed by atoms with Crippen LogP contribution in [-0.2, 0) is 32.3 Å². The van der Waals surface area contributed by atoms with Crippen molar-refractivity contribution < 1.29 is 37.1 Å². The maximum Gasteiger partial charge on any atom is 3.00 e. The molecular weight excluding hydrogens is 648 g/mol. The van der Waals surface area contributed by atoms with Crippen molar-refractivity contribution in [2.45, 2.75) is 56.3 Å².